The van der Waals surface area contributed by atoms with Crippen molar-refractivity contribution in [3.63, 3.8) is 0 Å². The van der Waals surface area contributed by atoms with Gasteiger partial charge in [0.15, 0.2) is 5.76 Å². The van der Waals surface area contributed by atoms with Crippen LogP contribution in [0.15, 0.2) is 34.9 Å². The molecule has 0 bridgehead atoms. The molecule has 0 radical (unpaired) electrons. The van der Waals surface area contributed by atoms with E-state index in [2.05, 4.69) is 9.89 Å². The molecule has 0 aliphatic carbocycles. The molecule has 1 aromatic carbocycles. The van der Waals surface area contributed by atoms with E-state index in [1.165, 1.54) is 18.2 Å². The van der Waals surface area contributed by atoms with Crippen molar-refractivity contribution in [2.75, 3.05) is 26.3 Å². The van der Waals surface area contributed by atoms with E-state index < -0.39 is 12.5 Å². The summed E-state index contributed by atoms with van der Waals surface area (Å²) < 4.78 is 52.1. The van der Waals surface area contributed by atoms with Gasteiger partial charge in [-0.1, -0.05) is 17.3 Å². The Hall–Kier alpha value is -2.10. The molecule has 3 rings (SSSR count). The number of ether oxygens (including phenoxy) is 2. The normalized spacial score (nSPS) is 19.6. The predicted molar refractivity (Wildman–Crippen MR) is 80.7 cm³/mol. The molecule has 1 N–H and O–H groups in total. The van der Waals surface area contributed by atoms with Gasteiger partial charge in [0.25, 0.3) is 0 Å². The van der Waals surface area contributed by atoms with Crippen LogP contribution in [-0.2, 0) is 11.3 Å². The van der Waals surface area contributed by atoms with Crippen molar-refractivity contribution in [3.8, 4) is 17.0 Å². The molecular weight excluding hydrogens is 341 g/mol. The Morgan fingerprint density at radius 1 is 1.32 bits per heavy atom. The van der Waals surface area contributed by atoms with E-state index in [1.807, 2.05) is 4.90 Å². The van der Waals surface area contributed by atoms with Gasteiger partial charge >= 0.3 is 6.36 Å². The number of alkyl halides is 3. The summed E-state index contributed by atoms with van der Waals surface area (Å²) in [6.45, 7) is 2.17. The molecule has 0 unspecified atom stereocenters. The zero-order valence-corrected chi connectivity index (χ0v) is 13.2. The first-order valence-electron chi connectivity index (χ1n) is 7.69. The van der Waals surface area contributed by atoms with Crippen molar-refractivity contribution >= 4 is 0 Å². The van der Waals surface area contributed by atoms with Crippen LogP contribution in [-0.4, -0.2) is 53.9 Å². The fourth-order valence-electron chi connectivity index (χ4n) is 2.63. The molecule has 1 aromatic heterocycles. The minimum Gasteiger partial charge on any atom is -0.405 e. The highest BCUT2D eigenvalue weighted by Crippen LogP contribution is 2.33. The summed E-state index contributed by atoms with van der Waals surface area (Å²) in [5.41, 5.74) is 0.440. The SMILES string of the molecule is O[C@@H]1COCCN(Cc2cc(-c3ccccc3OC(F)(F)F)no2)C1. The van der Waals surface area contributed by atoms with Crippen LogP contribution in [0.25, 0.3) is 11.3 Å². The summed E-state index contributed by atoms with van der Waals surface area (Å²) >= 11 is 0. The molecule has 2 heterocycles. The lowest BCUT2D eigenvalue weighted by Crippen LogP contribution is -2.32. The van der Waals surface area contributed by atoms with Crippen molar-refractivity contribution in [1.82, 2.24) is 10.1 Å². The molecule has 1 aliphatic rings. The lowest BCUT2D eigenvalue weighted by atomic mass is 10.1. The molecule has 1 aliphatic heterocycles. The van der Waals surface area contributed by atoms with E-state index in [0.29, 0.717) is 32.0 Å². The van der Waals surface area contributed by atoms with Gasteiger partial charge in [-0.15, -0.1) is 13.2 Å². The number of hydrogen-bond donors (Lipinski definition) is 1. The highest BCUT2D eigenvalue weighted by atomic mass is 19.4. The Morgan fingerprint density at radius 3 is 2.92 bits per heavy atom. The highest BCUT2D eigenvalue weighted by Gasteiger charge is 2.32. The van der Waals surface area contributed by atoms with Crippen LogP contribution in [0.3, 0.4) is 0 Å². The minimum atomic E-state index is -4.79. The number of nitrogens with zero attached hydrogens (tertiary/aromatic N) is 2. The third-order valence-corrected chi connectivity index (χ3v) is 3.66. The fourth-order valence-corrected chi connectivity index (χ4v) is 2.63. The molecule has 1 atom stereocenters. The fraction of sp³-hybridized carbons (Fsp3) is 0.438. The average molecular weight is 358 g/mol. The lowest BCUT2D eigenvalue weighted by Gasteiger charge is -2.18. The van der Waals surface area contributed by atoms with Crippen LogP contribution in [0, 0.1) is 0 Å². The number of β-amino-alcohol motifs (C(OH)–C–C–N with tert-alkyl or cyclic N) is 1. The van der Waals surface area contributed by atoms with Crippen LogP contribution in [0.1, 0.15) is 5.76 Å². The molecule has 136 valence electrons. The van der Waals surface area contributed by atoms with Gasteiger partial charge in [-0.25, -0.2) is 0 Å². The summed E-state index contributed by atoms with van der Waals surface area (Å²) in [5.74, 6) is 0.138. The molecule has 1 saturated heterocycles. The molecule has 0 saturated carbocycles. The van der Waals surface area contributed by atoms with Crippen molar-refractivity contribution < 1.29 is 32.3 Å². The smallest absolute Gasteiger partial charge is 0.405 e. The number of para-hydroxylation sites is 1. The maximum Gasteiger partial charge on any atom is 0.573 e. The quantitative estimate of drug-likeness (QED) is 0.906. The number of aliphatic hydroxyl groups is 1. The van der Waals surface area contributed by atoms with Crippen LogP contribution in [0.2, 0.25) is 0 Å². The number of benzene rings is 1. The van der Waals surface area contributed by atoms with Crippen LogP contribution in [0.4, 0.5) is 13.2 Å². The van der Waals surface area contributed by atoms with Crippen molar-refractivity contribution in [2.24, 2.45) is 0 Å². The van der Waals surface area contributed by atoms with E-state index in [0.717, 1.165) is 0 Å². The number of hydrogen-bond acceptors (Lipinski definition) is 6. The Kier molecular flexibility index (Phi) is 5.26. The first-order chi connectivity index (χ1) is 11.9. The second-order valence-electron chi connectivity index (χ2n) is 5.69. The first-order valence-corrected chi connectivity index (χ1v) is 7.69. The van der Waals surface area contributed by atoms with Gasteiger partial charge in [0.1, 0.15) is 11.4 Å². The highest BCUT2D eigenvalue weighted by molar-refractivity contribution is 5.66. The predicted octanol–water partition coefficient (Wildman–Crippen LogP) is 2.43. The second kappa shape index (κ2) is 7.42. The van der Waals surface area contributed by atoms with Gasteiger partial charge in [-0.2, -0.15) is 0 Å². The molecule has 0 spiro atoms. The molecular formula is C16H17F3N2O4. The average Bonchev–Trinajstić information content (AvgIpc) is 2.88. The number of halogens is 3. The van der Waals surface area contributed by atoms with E-state index in [9.17, 15) is 18.3 Å². The Bertz CT molecular complexity index is 705. The number of aliphatic hydroxyl groups excluding tert-OH is 1. The van der Waals surface area contributed by atoms with Crippen molar-refractivity contribution in [2.45, 2.75) is 19.0 Å². The van der Waals surface area contributed by atoms with Crippen LogP contribution in [0.5, 0.6) is 5.75 Å². The van der Waals surface area contributed by atoms with Gasteiger partial charge in [0, 0.05) is 24.7 Å². The Balaban J connectivity index is 1.75. The maximum absolute atomic E-state index is 12.5. The topological polar surface area (TPSA) is 68.0 Å². The maximum atomic E-state index is 12.5. The summed E-state index contributed by atoms with van der Waals surface area (Å²) in [5, 5.41) is 13.6. The lowest BCUT2D eigenvalue weighted by molar-refractivity contribution is -0.274. The number of aromatic nitrogens is 1. The largest absolute Gasteiger partial charge is 0.573 e. The van der Waals surface area contributed by atoms with E-state index in [4.69, 9.17) is 9.26 Å². The zero-order valence-electron chi connectivity index (χ0n) is 13.2. The molecule has 1 fully saturated rings. The number of rotatable bonds is 4. The van der Waals surface area contributed by atoms with Gasteiger partial charge < -0.3 is 19.1 Å². The Morgan fingerprint density at radius 2 is 2.12 bits per heavy atom. The monoisotopic (exact) mass is 358 g/mol. The third-order valence-electron chi connectivity index (χ3n) is 3.66. The molecule has 25 heavy (non-hydrogen) atoms. The van der Waals surface area contributed by atoms with E-state index in [1.54, 1.807) is 12.1 Å². The van der Waals surface area contributed by atoms with Crippen LogP contribution < -0.4 is 4.74 Å². The van der Waals surface area contributed by atoms with E-state index in [-0.39, 0.29) is 23.6 Å². The second-order valence-corrected chi connectivity index (χ2v) is 5.69. The third kappa shape index (κ3) is 4.94. The van der Waals surface area contributed by atoms with Crippen molar-refractivity contribution in [1.29, 1.82) is 0 Å². The molecule has 6 nitrogen and oxygen atoms in total. The van der Waals surface area contributed by atoms with Gasteiger partial charge in [0.2, 0.25) is 0 Å². The zero-order chi connectivity index (χ0) is 17.9. The van der Waals surface area contributed by atoms with Gasteiger partial charge in [0.05, 0.1) is 25.9 Å². The Labute approximate surface area is 141 Å². The summed E-state index contributed by atoms with van der Waals surface area (Å²) in [7, 11) is 0. The summed E-state index contributed by atoms with van der Waals surface area (Å²) in [6, 6.07) is 7.31. The summed E-state index contributed by atoms with van der Waals surface area (Å²) in [6.07, 6.45) is -5.38. The molecule has 9 heteroatoms. The van der Waals surface area contributed by atoms with Crippen molar-refractivity contribution in [3.05, 3.63) is 36.1 Å². The summed E-state index contributed by atoms with van der Waals surface area (Å²) in [4.78, 5) is 1.93. The van der Waals surface area contributed by atoms with E-state index >= 15 is 0 Å². The molecule has 2 aromatic rings. The first kappa shape index (κ1) is 17.7. The van der Waals surface area contributed by atoms with Gasteiger partial charge in [-0.05, 0) is 12.1 Å². The minimum absolute atomic E-state index is 0.189. The van der Waals surface area contributed by atoms with Gasteiger partial charge in [-0.3, -0.25) is 4.90 Å². The molecule has 0 amide bonds. The standard InChI is InChI=1S/C16H17F3N2O4/c17-16(18,19)24-15-4-2-1-3-13(15)14-7-12(25-20-14)9-21-5-6-23-10-11(22)8-21/h1-4,7,11,22H,5-6,8-10H2/t11-/m0/s1. The van der Waals surface area contributed by atoms with Crippen LogP contribution >= 0.6 is 0 Å².